The molecule has 0 bridgehead atoms. The molecule has 5 nitrogen and oxygen atoms in total. The highest BCUT2D eigenvalue weighted by Gasteiger charge is 2.23. The Bertz CT molecular complexity index is 851. The molecule has 4 rings (SSSR count). The summed E-state index contributed by atoms with van der Waals surface area (Å²) >= 11 is 0. The summed E-state index contributed by atoms with van der Waals surface area (Å²) in [6.45, 7) is 5.33. The summed E-state index contributed by atoms with van der Waals surface area (Å²) in [6, 6.07) is 12.5. The Morgan fingerprint density at radius 3 is 3.04 bits per heavy atom. The Hall–Kier alpha value is -2.37. The van der Waals surface area contributed by atoms with Gasteiger partial charge < -0.3 is 4.74 Å². The van der Waals surface area contributed by atoms with E-state index in [2.05, 4.69) is 44.1 Å². The molecule has 1 fully saturated rings. The maximum absolute atomic E-state index is 5.92. The van der Waals surface area contributed by atoms with Crippen LogP contribution < -0.4 is 0 Å². The van der Waals surface area contributed by atoms with Crippen molar-refractivity contribution in [2.75, 3.05) is 19.7 Å². The van der Waals surface area contributed by atoms with Gasteiger partial charge in [0.1, 0.15) is 11.9 Å². The number of rotatable bonds is 3. The maximum atomic E-state index is 5.92. The zero-order valence-electron chi connectivity index (χ0n) is 13.7. The smallest absolute Gasteiger partial charge is 0.125 e. The van der Waals surface area contributed by atoms with Gasteiger partial charge in [0.15, 0.2) is 0 Å². The van der Waals surface area contributed by atoms with E-state index in [4.69, 9.17) is 4.74 Å². The molecule has 1 saturated heterocycles. The molecule has 122 valence electrons. The lowest BCUT2D eigenvalue weighted by atomic mass is 10.1. The molecule has 0 saturated carbocycles. The first-order chi connectivity index (χ1) is 11.8. The average Bonchev–Trinajstić information content (AvgIpc) is 2.62. The summed E-state index contributed by atoms with van der Waals surface area (Å²) in [7, 11) is 0. The number of fused-ring (bicyclic) bond motifs is 1. The first-order valence-corrected chi connectivity index (χ1v) is 8.25. The molecular weight excluding hydrogens is 300 g/mol. The number of aromatic nitrogens is 3. The first-order valence-electron chi connectivity index (χ1n) is 8.25. The SMILES string of the molecule is Cc1nccc(C2CN(Cc3ccc4ncccc4c3)CCO2)n1. The van der Waals surface area contributed by atoms with E-state index in [1.807, 2.05) is 25.3 Å². The van der Waals surface area contributed by atoms with Crippen molar-refractivity contribution >= 4 is 10.9 Å². The Morgan fingerprint density at radius 1 is 1.17 bits per heavy atom. The third-order valence-electron chi connectivity index (χ3n) is 4.35. The molecule has 0 amide bonds. The quantitative estimate of drug-likeness (QED) is 0.743. The van der Waals surface area contributed by atoms with Gasteiger partial charge in [-0.2, -0.15) is 0 Å². The van der Waals surface area contributed by atoms with Gasteiger partial charge in [0.25, 0.3) is 0 Å². The minimum absolute atomic E-state index is 0.0163. The van der Waals surface area contributed by atoms with Crippen molar-refractivity contribution in [3.8, 4) is 0 Å². The third kappa shape index (κ3) is 3.27. The lowest BCUT2D eigenvalue weighted by Gasteiger charge is -2.32. The third-order valence-corrected chi connectivity index (χ3v) is 4.35. The first kappa shape index (κ1) is 15.2. The van der Waals surface area contributed by atoms with Gasteiger partial charge >= 0.3 is 0 Å². The molecule has 1 aromatic carbocycles. The Kier molecular flexibility index (Phi) is 4.19. The zero-order valence-corrected chi connectivity index (χ0v) is 13.7. The Morgan fingerprint density at radius 2 is 2.12 bits per heavy atom. The molecule has 3 heterocycles. The number of benzene rings is 1. The topological polar surface area (TPSA) is 51.1 Å². The average molecular weight is 320 g/mol. The highest BCUT2D eigenvalue weighted by molar-refractivity contribution is 5.78. The van der Waals surface area contributed by atoms with Gasteiger partial charge in [-0.15, -0.1) is 0 Å². The lowest BCUT2D eigenvalue weighted by Crippen LogP contribution is -2.38. The van der Waals surface area contributed by atoms with Gasteiger partial charge in [-0.3, -0.25) is 9.88 Å². The monoisotopic (exact) mass is 320 g/mol. The van der Waals surface area contributed by atoms with Gasteiger partial charge in [-0.25, -0.2) is 9.97 Å². The van der Waals surface area contributed by atoms with Crippen LogP contribution in [-0.4, -0.2) is 39.5 Å². The highest BCUT2D eigenvalue weighted by atomic mass is 16.5. The molecular formula is C19H20N4O. The summed E-state index contributed by atoms with van der Waals surface area (Å²) < 4.78 is 5.92. The van der Waals surface area contributed by atoms with E-state index in [-0.39, 0.29) is 6.10 Å². The molecule has 2 aromatic heterocycles. The van der Waals surface area contributed by atoms with Gasteiger partial charge in [0.2, 0.25) is 0 Å². The number of morpholine rings is 1. The van der Waals surface area contributed by atoms with Gasteiger partial charge in [0, 0.05) is 37.4 Å². The Balaban J connectivity index is 1.49. The van der Waals surface area contributed by atoms with Crippen molar-refractivity contribution < 1.29 is 4.74 Å². The summed E-state index contributed by atoms with van der Waals surface area (Å²) in [5, 5.41) is 1.19. The molecule has 1 unspecified atom stereocenters. The van der Waals surface area contributed by atoms with Crippen LogP contribution in [0.4, 0.5) is 0 Å². The van der Waals surface area contributed by atoms with Crippen molar-refractivity contribution in [1.29, 1.82) is 0 Å². The fourth-order valence-electron chi connectivity index (χ4n) is 3.16. The zero-order chi connectivity index (χ0) is 16.4. The fraction of sp³-hybridized carbons (Fsp3) is 0.316. The summed E-state index contributed by atoms with van der Waals surface area (Å²) in [5.41, 5.74) is 3.31. The molecule has 0 aliphatic carbocycles. The number of pyridine rings is 1. The van der Waals surface area contributed by atoms with Gasteiger partial charge in [-0.05, 0) is 36.8 Å². The number of ether oxygens (including phenoxy) is 1. The second kappa shape index (κ2) is 6.63. The van der Waals surface area contributed by atoms with Gasteiger partial charge in [-0.1, -0.05) is 12.1 Å². The number of hydrogen-bond acceptors (Lipinski definition) is 5. The van der Waals surface area contributed by atoms with E-state index in [1.54, 1.807) is 6.20 Å². The van der Waals surface area contributed by atoms with Crippen molar-refractivity contribution in [3.63, 3.8) is 0 Å². The number of hydrogen-bond donors (Lipinski definition) is 0. The van der Waals surface area contributed by atoms with Crippen LogP contribution in [-0.2, 0) is 11.3 Å². The highest BCUT2D eigenvalue weighted by Crippen LogP contribution is 2.22. The summed E-state index contributed by atoms with van der Waals surface area (Å²) in [6.07, 6.45) is 3.65. The lowest BCUT2D eigenvalue weighted by molar-refractivity contribution is -0.0351. The van der Waals surface area contributed by atoms with Crippen LogP contribution in [0.5, 0.6) is 0 Å². The van der Waals surface area contributed by atoms with Crippen LogP contribution in [0.2, 0.25) is 0 Å². The molecule has 3 aromatic rings. The molecule has 1 aliphatic heterocycles. The van der Waals surface area contributed by atoms with E-state index < -0.39 is 0 Å². The van der Waals surface area contributed by atoms with Crippen molar-refractivity contribution in [2.24, 2.45) is 0 Å². The van der Waals surface area contributed by atoms with E-state index in [0.717, 1.165) is 43.3 Å². The largest absolute Gasteiger partial charge is 0.369 e. The number of nitrogens with zero attached hydrogens (tertiary/aromatic N) is 4. The van der Waals surface area contributed by atoms with Crippen LogP contribution in [0, 0.1) is 6.92 Å². The maximum Gasteiger partial charge on any atom is 0.125 e. The van der Waals surface area contributed by atoms with E-state index >= 15 is 0 Å². The molecule has 0 spiro atoms. The van der Waals surface area contributed by atoms with Crippen molar-refractivity contribution in [1.82, 2.24) is 19.9 Å². The predicted molar refractivity (Wildman–Crippen MR) is 92.5 cm³/mol. The molecule has 5 heteroatoms. The minimum Gasteiger partial charge on any atom is -0.369 e. The number of aryl methyl sites for hydroxylation is 1. The molecule has 0 radical (unpaired) electrons. The summed E-state index contributed by atoms with van der Waals surface area (Å²) in [4.78, 5) is 15.5. The predicted octanol–water partition coefficient (Wildman–Crippen LogP) is 2.91. The second-order valence-electron chi connectivity index (χ2n) is 6.15. The van der Waals surface area contributed by atoms with Crippen molar-refractivity contribution in [2.45, 2.75) is 19.6 Å². The van der Waals surface area contributed by atoms with Crippen LogP contribution in [0.25, 0.3) is 10.9 Å². The second-order valence-corrected chi connectivity index (χ2v) is 6.15. The van der Waals surface area contributed by atoms with Crippen molar-refractivity contribution in [3.05, 3.63) is 65.9 Å². The minimum atomic E-state index is 0.0163. The van der Waals surface area contributed by atoms with Crippen LogP contribution >= 0.6 is 0 Å². The Labute approximate surface area is 141 Å². The van der Waals surface area contributed by atoms with Gasteiger partial charge in [0.05, 0.1) is 17.8 Å². The molecule has 1 atom stereocenters. The van der Waals surface area contributed by atoms with Crippen LogP contribution in [0.15, 0.2) is 48.8 Å². The fourth-order valence-corrected chi connectivity index (χ4v) is 3.16. The van der Waals surface area contributed by atoms with E-state index in [0.29, 0.717) is 0 Å². The van der Waals surface area contributed by atoms with E-state index in [1.165, 1.54) is 10.9 Å². The van der Waals surface area contributed by atoms with Crippen LogP contribution in [0.1, 0.15) is 23.2 Å². The molecule has 1 aliphatic rings. The van der Waals surface area contributed by atoms with Crippen LogP contribution in [0.3, 0.4) is 0 Å². The summed E-state index contributed by atoms with van der Waals surface area (Å²) in [5.74, 6) is 0.787. The normalized spacial score (nSPS) is 18.8. The standard InChI is InChI=1S/C19H20N4O/c1-14-20-8-6-18(22-14)19-13-23(9-10-24-19)12-15-4-5-17-16(11-15)3-2-7-21-17/h2-8,11,19H,9-10,12-13H2,1H3. The molecule has 0 N–H and O–H groups in total. The van der Waals surface area contributed by atoms with E-state index in [9.17, 15) is 0 Å². The molecule has 24 heavy (non-hydrogen) atoms.